The predicted molar refractivity (Wildman–Crippen MR) is 90.1 cm³/mol. The molecule has 7 heteroatoms. The second kappa shape index (κ2) is 7.21. The van der Waals surface area contributed by atoms with Crippen LogP contribution >= 0.6 is 62.3 Å². The van der Waals surface area contributed by atoms with Gasteiger partial charge in [0.25, 0.3) is 5.24 Å². The molecule has 0 bridgehead atoms. The summed E-state index contributed by atoms with van der Waals surface area (Å²) in [5, 5.41) is 0.623. The Balaban J connectivity index is 2.20. The number of rotatable bonds is 4. The molecule has 21 heavy (non-hydrogen) atoms. The molecule has 0 N–H and O–H groups in total. The summed E-state index contributed by atoms with van der Waals surface area (Å²) in [6, 6.07) is 8.20. The Hall–Kier alpha value is -0.450. The normalized spacial score (nSPS) is 10.5. The molecule has 0 saturated heterocycles. The third-order valence-corrected chi connectivity index (χ3v) is 4.42. The summed E-state index contributed by atoms with van der Waals surface area (Å²) in [7, 11) is 0. The van der Waals surface area contributed by atoms with Crippen LogP contribution in [0.15, 0.2) is 34.8 Å². The molecular weight excluding hydrogens is 422 g/mol. The summed E-state index contributed by atoms with van der Waals surface area (Å²) in [5.41, 5.74) is 1.13. The molecule has 0 heterocycles. The Kier molecular flexibility index (Phi) is 5.81. The van der Waals surface area contributed by atoms with Gasteiger partial charge in [-0.05, 0) is 57.4 Å². The molecule has 0 aliphatic carbocycles. The first-order valence-electron chi connectivity index (χ1n) is 5.64. The monoisotopic (exact) mass is 426 g/mol. The minimum absolute atomic E-state index is 0.253. The largest absolute Gasteiger partial charge is 0.486 e. The number of carbonyl (C=O) groups is 1. The van der Waals surface area contributed by atoms with Crippen molar-refractivity contribution in [1.82, 2.24) is 0 Å². The number of carbonyl (C=O) groups excluding carboxylic acids is 1. The van der Waals surface area contributed by atoms with Crippen molar-refractivity contribution in [3.05, 3.63) is 61.0 Å². The zero-order chi connectivity index (χ0) is 15.6. The maximum absolute atomic E-state index is 11.1. The SMILES string of the molecule is O=C(Cl)c1cc(Cl)c(OCc2ccc(Cl)c(Cl)c2)c(Br)c1. The highest BCUT2D eigenvalue weighted by Crippen LogP contribution is 2.35. The van der Waals surface area contributed by atoms with Crippen LogP contribution in [0.1, 0.15) is 15.9 Å². The fraction of sp³-hybridized carbons (Fsp3) is 0.0714. The van der Waals surface area contributed by atoms with Gasteiger partial charge in [-0.1, -0.05) is 40.9 Å². The number of hydrogen-bond acceptors (Lipinski definition) is 2. The van der Waals surface area contributed by atoms with Gasteiger partial charge in [0.1, 0.15) is 6.61 Å². The Morgan fingerprint density at radius 1 is 1.05 bits per heavy atom. The Bertz CT molecular complexity index is 680. The van der Waals surface area contributed by atoms with E-state index in [0.717, 1.165) is 5.56 Å². The highest BCUT2D eigenvalue weighted by Gasteiger charge is 2.13. The summed E-state index contributed by atoms with van der Waals surface area (Å²) < 4.78 is 6.19. The van der Waals surface area contributed by atoms with E-state index in [1.165, 1.54) is 6.07 Å². The summed E-state index contributed by atoms with van der Waals surface area (Å²) >= 11 is 26.6. The number of halogens is 5. The van der Waals surface area contributed by atoms with Crippen molar-refractivity contribution < 1.29 is 9.53 Å². The van der Waals surface area contributed by atoms with Gasteiger partial charge in [-0.2, -0.15) is 0 Å². The zero-order valence-corrected chi connectivity index (χ0v) is 14.9. The summed E-state index contributed by atoms with van der Waals surface area (Å²) in [5.74, 6) is 0.421. The lowest BCUT2D eigenvalue weighted by atomic mass is 10.2. The molecular formula is C14H7BrCl4O2. The van der Waals surface area contributed by atoms with E-state index in [-0.39, 0.29) is 17.2 Å². The molecule has 0 unspecified atom stereocenters. The molecule has 110 valence electrons. The van der Waals surface area contributed by atoms with E-state index in [9.17, 15) is 4.79 Å². The second-order valence-corrected chi connectivity index (χ2v) is 6.50. The van der Waals surface area contributed by atoms with Gasteiger partial charge in [0.2, 0.25) is 0 Å². The van der Waals surface area contributed by atoms with E-state index in [2.05, 4.69) is 15.9 Å². The van der Waals surface area contributed by atoms with E-state index < -0.39 is 5.24 Å². The zero-order valence-electron chi connectivity index (χ0n) is 10.3. The minimum Gasteiger partial charge on any atom is -0.486 e. The van der Waals surface area contributed by atoms with Crippen LogP contribution in [-0.2, 0) is 6.61 Å². The molecule has 0 amide bonds. The molecule has 0 radical (unpaired) electrons. The quantitative estimate of drug-likeness (QED) is 0.529. The van der Waals surface area contributed by atoms with Crippen molar-refractivity contribution in [2.75, 3.05) is 0 Å². The Labute approximate surface area is 150 Å². The lowest BCUT2D eigenvalue weighted by molar-refractivity contribution is 0.108. The molecule has 0 aliphatic rings. The number of hydrogen-bond donors (Lipinski definition) is 0. The number of benzene rings is 2. The van der Waals surface area contributed by atoms with Crippen molar-refractivity contribution in [1.29, 1.82) is 0 Å². The van der Waals surface area contributed by atoms with Gasteiger partial charge in [0, 0.05) is 5.56 Å². The highest BCUT2D eigenvalue weighted by atomic mass is 79.9. The lowest BCUT2D eigenvalue weighted by Gasteiger charge is -2.11. The molecule has 0 aromatic heterocycles. The minimum atomic E-state index is -0.589. The van der Waals surface area contributed by atoms with Gasteiger partial charge in [-0.25, -0.2) is 0 Å². The van der Waals surface area contributed by atoms with E-state index in [0.29, 0.717) is 20.3 Å². The van der Waals surface area contributed by atoms with Gasteiger partial charge in [-0.15, -0.1) is 0 Å². The molecule has 2 nitrogen and oxygen atoms in total. The van der Waals surface area contributed by atoms with Crippen LogP contribution in [0, 0.1) is 0 Å². The van der Waals surface area contributed by atoms with Gasteiger partial charge in [0.05, 0.1) is 19.5 Å². The van der Waals surface area contributed by atoms with Crippen LogP contribution in [0.5, 0.6) is 5.75 Å². The van der Waals surface area contributed by atoms with Gasteiger partial charge >= 0.3 is 0 Å². The fourth-order valence-corrected chi connectivity index (χ4v) is 2.99. The first-order valence-corrected chi connectivity index (χ1v) is 7.94. The van der Waals surface area contributed by atoms with Crippen molar-refractivity contribution in [3.63, 3.8) is 0 Å². The lowest BCUT2D eigenvalue weighted by Crippen LogP contribution is -1.98. The van der Waals surface area contributed by atoms with Crippen LogP contribution in [0.3, 0.4) is 0 Å². The van der Waals surface area contributed by atoms with E-state index >= 15 is 0 Å². The molecule has 2 rings (SSSR count). The highest BCUT2D eigenvalue weighted by molar-refractivity contribution is 9.10. The first kappa shape index (κ1) is 16.9. The van der Waals surface area contributed by atoms with E-state index in [1.54, 1.807) is 24.3 Å². The van der Waals surface area contributed by atoms with Crippen LogP contribution in [-0.4, -0.2) is 5.24 Å². The topological polar surface area (TPSA) is 26.3 Å². The molecule has 0 fully saturated rings. The van der Waals surface area contributed by atoms with Crippen molar-refractivity contribution in [2.45, 2.75) is 6.61 Å². The van der Waals surface area contributed by atoms with Crippen molar-refractivity contribution >= 4 is 67.6 Å². The average Bonchev–Trinajstić information content (AvgIpc) is 2.41. The summed E-state index contributed by atoms with van der Waals surface area (Å²) in [6.07, 6.45) is 0. The van der Waals surface area contributed by atoms with Crippen LogP contribution in [0.25, 0.3) is 0 Å². The van der Waals surface area contributed by atoms with Crippen molar-refractivity contribution in [3.8, 4) is 5.75 Å². The summed E-state index contributed by atoms with van der Waals surface area (Å²) in [6.45, 7) is 0.253. The third-order valence-electron chi connectivity index (χ3n) is 2.59. The maximum atomic E-state index is 11.1. The van der Waals surface area contributed by atoms with Gasteiger partial charge in [0.15, 0.2) is 5.75 Å². The van der Waals surface area contributed by atoms with Gasteiger partial charge in [-0.3, -0.25) is 4.79 Å². The predicted octanol–water partition coefficient (Wildman–Crippen LogP) is 6.37. The first-order chi connectivity index (χ1) is 9.88. The average molecular weight is 429 g/mol. The van der Waals surface area contributed by atoms with Crippen LogP contribution in [0.2, 0.25) is 15.1 Å². The van der Waals surface area contributed by atoms with Crippen LogP contribution < -0.4 is 4.74 Å². The Morgan fingerprint density at radius 2 is 1.76 bits per heavy atom. The summed E-state index contributed by atoms with van der Waals surface area (Å²) in [4.78, 5) is 11.1. The number of ether oxygens (including phenoxy) is 1. The van der Waals surface area contributed by atoms with E-state index in [4.69, 9.17) is 51.1 Å². The third kappa shape index (κ3) is 4.27. The van der Waals surface area contributed by atoms with Crippen molar-refractivity contribution in [2.24, 2.45) is 0 Å². The smallest absolute Gasteiger partial charge is 0.252 e. The van der Waals surface area contributed by atoms with E-state index in [1.807, 2.05) is 0 Å². The molecule has 2 aromatic carbocycles. The fourth-order valence-electron chi connectivity index (χ4n) is 1.60. The molecule has 0 saturated carbocycles. The molecule has 0 aliphatic heterocycles. The van der Waals surface area contributed by atoms with Crippen LogP contribution in [0.4, 0.5) is 0 Å². The Morgan fingerprint density at radius 3 is 2.33 bits per heavy atom. The molecule has 2 aromatic rings. The maximum Gasteiger partial charge on any atom is 0.252 e. The standard InChI is InChI=1S/C14H7BrCl4O2/c15-9-4-8(14(19)20)5-12(18)13(9)21-6-7-1-2-10(16)11(17)3-7/h1-5H,6H2. The molecule has 0 atom stereocenters. The van der Waals surface area contributed by atoms with Gasteiger partial charge < -0.3 is 4.74 Å². The second-order valence-electron chi connectivity index (χ2n) is 4.08. The molecule has 0 spiro atoms.